The van der Waals surface area contributed by atoms with Gasteiger partial charge in [0.1, 0.15) is 11.6 Å². The minimum absolute atomic E-state index is 0.0288. The van der Waals surface area contributed by atoms with Crippen LogP contribution >= 0.6 is 0 Å². The molecule has 2 nitrogen and oxygen atoms in total. The Morgan fingerprint density at radius 2 is 1.50 bits per heavy atom. The van der Waals surface area contributed by atoms with Gasteiger partial charge in [0.25, 0.3) is 0 Å². The van der Waals surface area contributed by atoms with E-state index >= 15 is 0 Å². The van der Waals surface area contributed by atoms with Crippen LogP contribution in [0, 0.1) is 11.8 Å². The molecule has 0 fully saturated rings. The van der Waals surface area contributed by atoms with Gasteiger partial charge in [0.15, 0.2) is 0 Å². The van der Waals surface area contributed by atoms with Crippen molar-refractivity contribution in [3.05, 3.63) is 0 Å². The molecule has 1 unspecified atom stereocenters. The van der Waals surface area contributed by atoms with E-state index in [1.165, 1.54) is 6.92 Å². The summed E-state index contributed by atoms with van der Waals surface area (Å²) in [6.07, 6.45) is 0. The Morgan fingerprint density at radius 3 is 1.60 bits per heavy atom. The molecule has 1 atom stereocenters. The van der Waals surface area contributed by atoms with Gasteiger partial charge in [0, 0.05) is 5.92 Å². The molecule has 0 rings (SSSR count). The second-order valence-corrected chi connectivity index (χ2v) is 2.89. The summed E-state index contributed by atoms with van der Waals surface area (Å²) in [6, 6.07) is 0. The first-order chi connectivity index (χ1) is 4.46. The number of carbonyl (C=O) groups excluding carboxylic acids is 2. The van der Waals surface area contributed by atoms with E-state index in [4.69, 9.17) is 0 Å². The van der Waals surface area contributed by atoms with Gasteiger partial charge in [-0.25, -0.2) is 0 Å². The molecule has 0 aromatic carbocycles. The third-order valence-corrected chi connectivity index (χ3v) is 1.61. The summed E-state index contributed by atoms with van der Waals surface area (Å²) >= 11 is 0. The molecule has 2 heteroatoms. The minimum Gasteiger partial charge on any atom is -0.299 e. The Kier molecular flexibility index (Phi) is 3.26. The highest BCUT2D eigenvalue weighted by Gasteiger charge is 2.19. The molecule has 0 aliphatic rings. The van der Waals surface area contributed by atoms with Crippen molar-refractivity contribution in [3.63, 3.8) is 0 Å². The fraction of sp³-hybridized carbons (Fsp3) is 0.750. The summed E-state index contributed by atoms with van der Waals surface area (Å²) in [5.41, 5.74) is 0. The van der Waals surface area contributed by atoms with Crippen molar-refractivity contribution >= 4 is 11.6 Å². The van der Waals surface area contributed by atoms with Crippen molar-refractivity contribution in [2.24, 2.45) is 11.8 Å². The Morgan fingerprint density at radius 1 is 1.10 bits per heavy atom. The molecular weight excluding hydrogens is 128 g/mol. The third kappa shape index (κ3) is 2.29. The van der Waals surface area contributed by atoms with E-state index in [-0.39, 0.29) is 17.5 Å². The van der Waals surface area contributed by atoms with Gasteiger partial charge in [0.05, 0.1) is 5.92 Å². The Labute approximate surface area is 61.6 Å². The predicted octanol–water partition coefficient (Wildman–Crippen LogP) is 1.44. The molecule has 0 saturated heterocycles. The highest BCUT2D eigenvalue weighted by atomic mass is 16.1. The Balaban J connectivity index is 4.08. The average Bonchev–Trinajstić information content (AvgIpc) is 1.84. The van der Waals surface area contributed by atoms with Gasteiger partial charge in [-0.15, -0.1) is 0 Å². The van der Waals surface area contributed by atoms with Crippen molar-refractivity contribution in [1.82, 2.24) is 0 Å². The van der Waals surface area contributed by atoms with Gasteiger partial charge in [-0.3, -0.25) is 9.59 Å². The summed E-state index contributed by atoms with van der Waals surface area (Å²) in [4.78, 5) is 21.7. The van der Waals surface area contributed by atoms with E-state index in [0.717, 1.165) is 0 Å². The molecule has 0 saturated carbocycles. The zero-order chi connectivity index (χ0) is 8.31. The smallest absolute Gasteiger partial charge is 0.145 e. The summed E-state index contributed by atoms with van der Waals surface area (Å²) in [5.74, 6) is -0.454. The third-order valence-electron chi connectivity index (χ3n) is 1.61. The molecule has 58 valence electrons. The fourth-order valence-electron chi connectivity index (χ4n) is 0.700. The Bertz CT molecular complexity index is 147. The number of ketones is 2. The number of Topliss-reactive ketones (excluding diaryl/α,β-unsaturated/α-hetero) is 2. The molecule has 0 aliphatic heterocycles. The molecule has 10 heavy (non-hydrogen) atoms. The van der Waals surface area contributed by atoms with Gasteiger partial charge in [-0.2, -0.15) is 0 Å². The van der Waals surface area contributed by atoms with E-state index in [9.17, 15) is 9.59 Å². The van der Waals surface area contributed by atoms with Gasteiger partial charge >= 0.3 is 0 Å². The molecule has 0 bridgehead atoms. The normalized spacial score (nSPS) is 13.3. The summed E-state index contributed by atoms with van der Waals surface area (Å²) in [7, 11) is 0. The van der Waals surface area contributed by atoms with E-state index in [0.29, 0.717) is 0 Å². The summed E-state index contributed by atoms with van der Waals surface area (Å²) < 4.78 is 0. The lowest BCUT2D eigenvalue weighted by Crippen LogP contribution is -2.22. The SMILES string of the molecule is CC(=O)C(C)C(=O)C(C)C. The van der Waals surface area contributed by atoms with Crippen molar-refractivity contribution in [2.45, 2.75) is 27.7 Å². The van der Waals surface area contributed by atoms with Gasteiger partial charge in [0.2, 0.25) is 0 Å². The largest absolute Gasteiger partial charge is 0.299 e. The van der Waals surface area contributed by atoms with Crippen molar-refractivity contribution < 1.29 is 9.59 Å². The van der Waals surface area contributed by atoms with E-state index in [1.807, 2.05) is 13.8 Å². The van der Waals surface area contributed by atoms with Crippen molar-refractivity contribution in [1.29, 1.82) is 0 Å². The maximum atomic E-state index is 11.1. The Hall–Kier alpha value is -0.660. The maximum Gasteiger partial charge on any atom is 0.145 e. The molecular formula is C8H14O2. The zero-order valence-electron chi connectivity index (χ0n) is 6.97. The van der Waals surface area contributed by atoms with Crippen LogP contribution in [0.5, 0.6) is 0 Å². The monoisotopic (exact) mass is 142 g/mol. The molecule has 0 amide bonds. The van der Waals surface area contributed by atoms with Crippen LogP contribution in [-0.4, -0.2) is 11.6 Å². The molecule has 0 spiro atoms. The van der Waals surface area contributed by atoms with Gasteiger partial charge in [-0.1, -0.05) is 13.8 Å². The molecule has 0 radical (unpaired) electrons. The van der Waals surface area contributed by atoms with Crippen molar-refractivity contribution in [2.75, 3.05) is 0 Å². The van der Waals surface area contributed by atoms with Gasteiger partial charge < -0.3 is 0 Å². The molecule has 0 aromatic rings. The maximum absolute atomic E-state index is 11.1. The van der Waals surface area contributed by atoms with Crippen molar-refractivity contribution in [3.8, 4) is 0 Å². The highest BCUT2D eigenvalue weighted by Crippen LogP contribution is 2.06. The lowest BCUT2D eigenvalue weighted by molar-refractivity contribution is -0.132. The second-order valence-electron chi connectivity index (χ2n) is 2.89. The summed E-state index contributed by atoms with van der Waals surface area (Å²) in [5, 5.41) is 0. The van der Waals surface area contributed by atoms with Crippen LogP contribution in [0.3, 0.4) is 0 Å². The summed E-state index contributed by atoms with van der Waals surface area (Å²) in [6.45, 7) is 6.72. The topological polar surface area (TPSA) is 34.1 Å². The van der Waals surface area contributed by atoms with Crippen LogP contribution in [0.2, 0.25) is 0 Å². The zero-order valence-corrected chi connectivity index (χ0v) is 6.97. The first-order valence-corrected chi connectivity index (χ1v) is 3.51. The molecule has 0 aliphatic carbocycles. The number of carbonyl (C=O) groups is 2. The number of hydrogen-bond donors (Lipinski definition) is 0. The first-order valence-electron chi connectivity index (χ1n) is 3.51. The first kappa shape index (κ1) is 9.34. The highest BCUT2D eigenvalue weighted by molar-refractivity contribution is 6.01. The lowest BCUT2D eigenvalue weighted by Gasteiger charge is -2.08. The lowest BCUT2D eigenvalue weighted by atomic mass is 9.94. The fourth-order valence-corrected chi connectivity index (χ4v) is 0.700. The average molecular weight is 142 g/mol. The van der Waals surface area contributed by atoms with Crippen LogP contribution in [0.1, 0.15) is 27.7 Å². The van der Waals surface area contributed by atoms with Crippen LogP contribution < -0.4 is 0 Å². The molecule has 0 heterocycles. The van der Waals surface area contributed by atoms with Crippen LogP contribution in [0.15, 0.2) is 0 Å². The standard InChI is InChI=1S/C8H14O2/c1-5(2)8(10)6(3)7(4)9/h5-6H,1-4H3. The second kappa shape index (κ2) is 3.49. The van der Waals surface area contributed by atoms with E-state index in [1.54, 1.807) is 6.92 Å². The van der Waals surface area contributed by atoms with Crippen LogP contribution in [0.25, 0.3) is 0 Å². The van der Waals surface area contributed by atoms with E-state index < -0.39 is 5.92 Å². The minimum atomic E-state index is -0.417. The number of hydrogen-bond acceptors (Lipinski definition) is 2. The predicted molar refractivity (Wildman–Crippen MR) is 39.7 cm³/mol. The molecule has 0 aromatic heterocycles. The van der Waals surface area contributed by atoms with E-state index in [2.05, 4.69) is 0 Å². The van der Waals surface area contributed by atoms with Gasteiger partial charge in [-0.05, 0) is 13.8 Å². The number of rotatable bonds is 3. The molecule has 0 N–H and O–H groups in total. The quantitative estimate of drug-likeness (QED) is 0.559. The van der Waals surface area contributed by atoms with Crippen LogP contribution in [0.4, 0.5) is 0 Å². The van der Waals surface area contributed by atoms with Crippen LogP contribution in [-0.2, 0) is 9.59 Å².